The molecule has 0 unspecified atom stereocenters. The third kappa shape index (κ3) is 6.10. The molecule has 10 nitrogen and oxygen atoms in total. The number of aromatic nitrogens is 2. The number of esters is 1. The van der Waals surface area contributed by atoms with E-state index < -0.39 is 40.7 Å². The van der Waals surface area contributed by atoms with Crippen LogP contribution in [0.5, 0.6) is 0 Å². The quantitative estimate of drug-likeness (QED) is 0.265. The van der Waals surface area contributed by atoms with Gasteiger partial charge in [-0.1, -0.05) is 55.4 Å². The lowest BCUT2D eigenvalue weighted by Gasteiger charge is -2.51. The first kappa shape index (κ1) is 31.0. The van der Waals surface area contributed by atoms with Crippen LogP contribution in [0, 0.1) is 5.92 Å². The first-order valence-corrected chi connectivity index (χ1v) is 17.8. The van der Waals surface area contributed by atoms with Gasteiger partial charge in [0, 0.05) is 25.1 Å². The van der Waals surface area contributed by atoms with E-state index in [1.54, 1.807) is 0 Å². The predicted molar refractivity (Wildman–Crippen MR) is 148 cm³/mol. The summed E-state index contributed by atoms with van der Waals surface area (Å²) in [5, 5.41) is 0. The number of aromatic amines is 1. The van der Waals surface area contributed by atoms with Crippen LogP contribution in [0.1, 0.15) is 81.4 Å². The van der Waals surface area contributed by atoms with Gasteiger partial charge in [0.25, 0.3) is 5.56 Å². The maximum atomic E-state index is 12.8. The van der Waals surface area contributed by atoms with Crippen LogP contribution in [0.3, 0.4) is 0 Å². The molecule has 0 saturated carbocycles. The summed E-state index contributed by atoms with van der Waals surface area (Å²) >= 11 is 0. The SMILES string of the molecule is CC(=O)OCCC[C@@H]1[C@@H]2O[Si](C(C)C)(C(C)C)O[Si](C(C)C)(C(C)C)OC[C@H]2O[C@H]1n1ccc(=O)[nH]c1=O. The fourth-order valence-corrected chi connectivity index (χ4v) is 17.2. The highest BCUT2D eigenvalue weighted by Gasteiger charge is 2.61. The molecule has 0 aromatic carbocycles. The minimum atomic E-state index is -2.90. The number of carbonyl (C=O) groups is 1. The largest absolute Gasteiger partial charge is 0.466 e. The maximum absolute atomic E-state index is 12.8. The van der Waals surface area contributed by atoms with Gasteiger partial charge in [0.05, 0.1) is 19.3 Å². The van der Waals surface area contributed by atoms with Crippen molar-refractivity contribution in [1.29, 1.82) is 0 Å². The van der Waals surface area contributed by atoms with Gasteiger partial charge >= 0.3 is 28.8 Å². The van der Waals surface area contributed by atoms with Crippen molar-refractivity contribution in [3.8, 4) is 0 Å². The van der Waals surface area contributed by atoms with Gasteiger partial charge in [-0.3, -0.25) is 19.1 Å². The van der Waals surface area contributed by atoms with Crippen LogP contribution in [-0.2, 0) is 27.2 Å². The van der Waals surface area contributed by atoms with Gasteiger partial charge in [-0.15, -0.1) is 0 Å². The molecule has 4 atom stereocenters. The number of nitrogens with one attached hydrogen (secondary N) is 1. The molecule has 3 rings (SSSR count). The van der Waals surface area contributed by atoms with E-state index in [4.69, 9.17) is 22.4 Å². The molecule has 3 heterocycles. The molecule has 1 aromatic heterocycles. The summed E-state index contributed by atoms with van der Waals surface area (Å²) in [5.41, 5.74) is -0.318. The molecule has 1 aromatic rings. The summed E-state index contributed by atoms with van der Waals surface area (Å²) in [5.74, 6) is -0.583. The van der Waals surface area contributed by atoms with Gasteiger partial charge in [-0.05, 0) is 35.0 Å². The van der Waals surface area contributed by atoms with Crippen molar-refractivity contribution in [3.63, 3.8) is 0 Å². The van der Waals surface area contributed by atoms with Crippen molar-refractivity contribution in [2.24, 2.45) is 5.92 Å². The summed E-state index contributed by atoms with van der Waals surface area (Å²) in [4.78, 5) is 38.3. The van der Waals surface area contributed by atoms with Crippen molar-refractivity contribution in [2.45, 2.75) is 116 Å². The predicted octanol–water partition coefficient (Wildman–Crippen LogP) is 4.35. The highest BCUT2D eigenvalue weighted by atomic mass is 28.5. The molecule has 38 heavy (non-hydrogen) atoms. The van der Waals surface area contributed by atoms with Crippen molar-refractivity contribution < 1.29 is 27.2 Å². The molecule has 2 aliphatic rings. The summed E-state index contributed by atoms with van der Waals surface area (Å²) in [7, 11) is -5.64. The maximum Gasteiger partial charge on any atom is 0.335 e. The molecule has 0 aliphatic carbocycles. The lowest BCUT2D eigenvalue weighted by atomic mass is 9.94. The average Bonchev–Trinajstić information content (AvgIpc) is 3.12. The van der Waals surface area contributed by atoms with E-state index in [9.17, 15) is 14.4 Å². The molecular formula is C26H46N2O8Si2. The highest BCUT2D eigenvalue weighted by molar-refractivity contribution is 6.83. The number of hydrogen-bond donors (Lipinski definition) is 1. The molecule has 0 bridgehead atoms. The van der Waals surface area contributed by atoms with E-state index >= 15 is 0 Å². The topological polar surface area (TPSA) is 118 Å². The van der Waals surface area contributed by atoms with Crippen LogP contribution < -0.4 is 11.2 Å². The zero-order valence-corrected chi connectivity index (χ0v) is 26.3. The number of fused-ring (bicyclic) bond motifs is 1. The lowest BCUT2D eigenvalue weighted by molar-refractivity contribution is -0.141. The molecule has 12 heteroatoms. The summed E-state index contributed by atoms with van der Waals surface area (Å²) in [6.45, 7) is 19.3. The molecule has 2 fully saturated rings. The molecule has 216 valence electrons. The van der Waals surface area contributed by atoms with Crippen molar-refractivity contribution in [1.82, 2.24) is 9.55 Å². The Hall–Kier alpha value is -1.58. The van der Waals surface area contributed by atoms with Gasteiger partial charge in [0.15, 0.2) is 0 Å². The van der Waals surface area contributed by atoms with Crippen LogP contribution in [0.15, 0.2) is 21.9 Å². The zero-order valence-electron chi connectivity index (χ0n) is 24.3. The number of nitrogens with zero attached hydrogens (tertiary/aromatic N) is 1. The molecular weight excluding hydrogens is 524 g/mol. The van der Waals surface area contributed by atoms with Gasteiger partial charge < -0.3 is 22.4 Å². The van der Waals surface area contributed by atoms with E-state index in [1.807, 2.05) is 0 Å². The van der Waals surface area contributed by atoms with Crippen molar-refractivity contribution >= 4 is 23.1 Å². The van der Waals surface area contributed by atoms with Crippen LogP contribution in [0.4, 0.5) is 0 Å². The average molecular weight is 571 g/mol. The van der Waals surface area contributed by atoms with Crippen LogP contribution in [0.25, 0.3) is 0 Å². The lowest BCUT2D eigenvalue weighted by Crippen LogP contribution is -2.65. The third-order valence-electron chi connectivity index (χ3n) is 7.91. The summed E-state index contributed by atoms with van der Waals surface area (Å²) in [6.07, 6.45) is 1.15. The van der Waals surface area contributed by atoms with Crippen LogP contribution in [0.2, 0.25) is 22.2 Å². The number of hydrogen-bond acceptors (Lipinski definition) is 8. The molecule has 1 N–H and O–H groups in total. The Morgan fingerprint density at radius 2 is 1.66 bits per heavy atom. The molecule has 0 spiro atoms. The Morgan fingerprint density at radius 3 is 2.18 bits per heavy atom. The highest BCUT2D eigenvalue weighted by Crippen LogP contribution is 2.50. The molecule has 2 saturated heterocycles. The summed E-state index contributed by atoms with van der Waals surface area (Å²) < 4.78 is 34.6. The second-order valence-electron chi connectivity index (χ2n) is 11.8. The Kier molecular flexibility index (Phi) is 10.0. The first-order valence-electron chi connectivity index (χ1n) is 13.9. The zero-order chi connectivity index (χ0) is 28.4. The molecule has 0 radical (unpaired) electrons. The van der Waals surface area contributed by atoms with Crippen molar-refractivity contribution in [3.05, 3.63) is 33.1 Å². The second-order valence-corrected chi connectivity index (χ2v) is 20.6. The van der Waals surface area contributed by atoms with Crippen molar-refractivity contribution in [2.75, 3.05) is 13.2 Å². The van der Waals surface area contributed by atoms with E-state index in [1.165, 1.54) is 23.8 Å². The number of H-pyrrole nitrogens is 1. The van der Waals surface area contributed by atoms with Gasteiger partial charge in [-0.2, -0.15) is 0 Å². The van der Waals surface area contributed by atoms with E-state index in [0.29, 0.717) is 19.4 Å². The van der Waals surface area contributed by atoms with Gasteiger partial charge in [0.2, 0.25) is 0 Å². The molecule has 2 aliphatic heterocycles. The minimum Gasteiger partial charge on any atom is -0.466 e. The van der Waals surface area contributed by atoms with E-state index in [0.717, 1.165) is 0 Å². The number of ether oxygens (including phenoxy) is 2. The number of carbonyl (C=O) groups excluding carboxylic acids is 1. The minimum absolute atomic E-state index is 0.144. The van der Waals surface area contributed by atoms with E-state index in [-0.39, 0.29) is 46.8 Å². The summed E-state index contributed by atoms with van der Waals surface area (Å²) in [6, 6.07) is 1.32. The third-order valence-corrected chi connectivity index (χ3v) is 18.2. The first-order chi connectivity index (χ1) is 17.7. The Labute approximate surface area is 227 Å². The van der Waals surface area contributed by atoms with Gasteiger partial charge in [0.1, 0.15) is 12.3 Å². The number of rotatable bonds is 9. The van der Waals surface area contributed by atoms with Gasteiger partial charge in [-0.25, -0.2) is 4.79 Å². The van der Waals surface area contributed by atoms with Crippen LogP contribution in [-0.4, -0.2) is 58.1 Å². The molecule has 0 amide bonds. The Bertz CT molecular complexity index is 1050. The Morgan fingerprint density at radius 1 is 1.05 bits per heavy atom. The fraction of sp³-hybridized carbons (Fsp3) is 0.808. The second kappa shape index (κ2) is 12.3. The smallest absolute Gasteiger partial charge is 0.335 e. The fourth-order valence-electron chi connectivity index (χ4n) is 5.97. The Balaban J connectivity index is 2.10. The standard InChI is InChI=1S/C26H46N2O8Si2/c1-16(2)37(17(3)4)33-15-22-24(35-38(36-37,18(5)6)19(7)8)21(11-10-14-32-20(9)29)25(34-22)28-13-12-23(30)27-26(28)31/h12-13,16-19,21-22,24-25H,10-11,14-15H2,1-9H3,(H,27,30,31)/t21-,22-,24+,25-/m1/s1. The monoisotopic (exact) mass is 570 g/mol. The normalized spacial score (nSPS) is 27.0. The van der Waals surface area contributed by atoms with Crippen LogP contribution >= 0.6 is 0 Å². The van der Waals surface area contributed by atoms with E-state index in [2.05, 4.69) is 60.4 Å².